The topological polar surface area (TPSA) is 39.2 Å². The smallest absolute Gasteiger partial charge is 0.171 e. The van der Waals surface area contributed by atoms with Gasteiger partial charge in [-0.05, 0) is 18.6 Å². The molecule has 0 saturated carbocycles. The largest absolute Gasteiger partial charge is 0.497 e. The van der Waals surface area contributed by atoms with Crippen molar-refractivity contribution in [2.45, 2.75) is 26.7 Å². The highest BCUT2D eigenvalue weighted by Crippen LogP contribution is 2.31. The molecule has 0 aliphatic carbocycles. The van der Waals surface area contributed by atoms with Crippen molar-refractivity contribution in [1.82, 2.24) is 4.98 Å². The van der Waals surface area contributed by atoms with Gasteiger partial charge in [-0.1, -0.05) is 25.5 Å². The first-order valence-corrected chi connectivity index (χ1v) is 7.12. The van der Waals surface area contributed by atoms with Crippen molar-refractivity contribution in [3.63, 3.8) is 0 Å². The third-order valence-electron chi connectivity index (χ3n) is 2.82. The van der Waals surface area contributed by atoms with Crippen LogP contribution < -0.4 is 4.74 Å². The van der Waals surface area contributed by atoms with Gasteiger partial charge in [0.25, 0.3) is 0 Å². The number of thiazole rings is 1. The van der Waals surface area contributed by atoms with Gasteiger partial charge in [-0.2, -0.15) is 0 Å². The van der Waals surface area contributed by atoms with Gasteiger partial charge in [0.05, 0.1) is 17.7 Å². The van der Waals surface area contributed by atoms with Gasteiger partial charge in [0.15, 0.2) is 5.78 Å². The van der Waals surface area contributed by atoms with E-state index >= 15 is 0 Å². The minimum atomic E-state index is 0.0927. The number of aryl methyl sites for hydroxylation is 1. The summed E-state index contributed by atoms with van der Waals surface area (Å²) in [5.74, 6) is 0.893. The molecule has 0 atom stereocenters. The Kier molecular flexibility index (Phi) is 4.32. The number of methoxy groups -OCH3 is 1. The molecule has 4 heteroatoms. The van der Waals surface area contributed by atoms with Crippen molar-refractivity contribution in [2.75, 3.05) is 7.11 Å². The van der Waals surface area contributed by atoms with E-state index in [1.807, 2.05) is 24.3 Å². The number of Topliss-reactive ketones (excluding diaryl/α,β-unsaturated/α-hetero) is 1. The van der Waals surface area contributed by atoms with Gasteiger partial charge < -0.3 is 4.74 Å². The maximum Gasteiger partial charge on any atom is 0.171 e. The molecule has 2 aromatic rings. The molecular formula is C15H17NO2S. The van der Waals surface area contributed by atoms with Crippen molar-refractivity contribution in [2.24, 2.45) is 0 Å². The van der Waals surface area contributed by atoms with Crippen LogP contribution in [0.3, 0.4) is 0 Å². The Labute approximate surface area is 117 Å². The highest BCUT2D eigenvalue weighted by Gasteiger charge is 2.15. The molecule has 0 bridgehead atoms. The van der Waals surface area contributed by atoms with Gasteiger partial charge in [0.2, 0.25) is 0 Å². The number of carbonyl (C=O) groups is 1. The fourth-order valence-electron chi connectivity index (χ4n) is 1.91. The van der Waals surface area contributed by atoms with Crippen molar-refractivity contribution >= 4 is 17.1 Å². The molecule has 0 unspecified atom stereocenters. The summed E-state index contributed by atoms with van der Waals surface area (Å²) in [6.07, 6.45) is 1.83. The van der Waals surface area contributed by atoms with Crippen molar-refractivity contribution < 1.29 is 9.53 Å². The standard InChI is InChI=1S/C15H17NO2S/c1-4-6-13-14(10(2)17)19-15(16-13)11-7-5-8-12(9-11)18-3/h5,7-9H,4,6H2,1-3H3. The van der Waals surface area contributed by atoms with Crippen LogP contribution in [0.1, 0.15) is 35.6 Å². The van der Waals surface area contributed by atoms with Crippen LogP contribution in [-0.2, 0) is 6.42 Å². The predicted octanol–water partition coefficient (Wildman–Crippen LogP) is 3.97. The minimum Gasteiger partial charge on any atom is -0.497 e. The fraction of sp³-hybridized carbons (Fsp3) is 0.333. The fourth-order valence-corrected chi connectivity index (χ4v) is 2.92. The number of carbonyl (C=O) groups excluding carboxylic acids is 1. The molecular weight excluding hydrogens is 258 g/mol. The summed E-state index contributed by atoms with van der Waals surface area (Å²) >= 11 is 1.46. The Morgan fingerprint density at radius 2 is 2.21 bits per heavy atom. The normalized spacial score (nSPS) is 10.5. The molecule has 1 aromatic carbocycles. The average Bonchev–Trinajstić information content (AvgIpc) is 2.83. The molecule has 2 rings (SSSR count). The van der Waals surface area contributed by atoms with Gasteiger partial charge in [0.1, 0.15) is 10.8 Å². The molecule has 0 spiro atoms. The summed E-state index contributed by atoms with van der Waals surface area (Å²) < 4.78 is 5.22. The lowest BCUT2D eigenvalue weighted by atomic mass is 10.2. The minimum absolute atomic E-state index is 0.0927. The first kappa shape index (κ1) is 13.7. The molecule has 0 radical (unpaired) electrons. The van der Waals surface area contributed by atoms with Crippen molar-refractivity contribution in [3.8, 4) is 16.3 Å². The lowest BCUT2D eigenvalue weighted by Gasteiger charge is -2.01. The van der Waals surface area contributed by atoms with E-state index in [-0.39, 0.29) is 5.78 Å². The van der Waals surface area contributed by atoms with Crippen molar-refractivity contribution in [1.29, 1.82) is 0 Å². The predicted molar refractivity (Wildman–Crippen MR) is 78.1 cm³/mol. The van der Waals surface area contributed by atoms with Crippen LogP contribution in [0.15, 0.2) is 24.3 Å². The van der Waals surface area contributed by atoms with Gasteiger partial charge in [-0.15, -0.1) is 11.3 Å². The zero-order valence-corrected chi connectivity index (χ0v) is 12.2. The lowest BCUT2D eigenvalue weighted by molar-refractivity contribution is 0.102. The Balaban J connectivity index is 2.44. The number of nitrogens with zero attached hydrogens (tertiary/aromatic N) is 1. The second-order valence-corrected chi connectivity index (χ2v) is 5.33. The maximum absolute atomic E-state index is 11.7. The van der Waals surface area contributed by atoms with E-state index in [1.54, 1.807) is 14.0 Å². The second-order valence-electron chi connectivity index (χ2n) is 4.33. The zero-order chi connectivity index (χ0) is 13.8. The van der Waals surface area contributed by atoms with E-state index < -0.39 is 0 Å². The molecule has 0 aliphatic heterocycles. The average molecular weight is 275 g/mol. The molecule has 0 amide bonds. The molecule has 0 N–H and O–H groups in total. The number of hydrogen-bond donors (Lipinski definition) is 0. The quantitative estimate of drug-likeness (QED) is 0.775. The summed E-state index contributed by atoms with van der Waals surface area (Å²) in [5.41, 5.74) is 1.91. The summed E-state index contributed by atoms with van der Waals surface area (Å²) in [6, 6.07) is 7.76. The van der Waals surface area contributed by atoms with Crippen LogP contribution >= 0.6 is 11.3 Å². The van der Waals surface area contributed by atoms with Gasteiger partial charge in [-0.3, -0.25) is 4.79 Å². The molecule has 3 nitrogen and oxygen atoms in total. The van der Waals surface area contributed by atoms with Gasteiger partial charge >= 0.3 is 0 Å². The molecule has 100 valence electrons. The highest BCUT2D eigenvalue weighted by atomic mass is 32.1. The summed E-state index contributed by atoms with van der Waals surface area (Å²) in [5, 5.41) is 0.882. The third kappa shape index (κ3) is 3.01. The second kappa shape index (κ2) is 5.97. The van der Waals surface area contributed by atoms with Crippen LogP contribution in [0.4, 0.5) is 0 Å². The molecule has 0 aliphatic rings. The SMILES string of the molecule is CCCc1nc(-c2cccc(OC)c2)sc1C(C)=O. The van der Waals surface area contributed by atoms with Crippen LogP contribution in [0.2, 0.25) is 0 Å². The molecule has 0 saturated heterocycles. The number of aromatic nitrogens is 1. The van der Waals surface area contributed by atoms with Crippen LogP contribution in [0, 0.1) is 0 Å². The van der Waals surface area contributed by atoms with E-state index in [4.69, 9.17) is 4.74 Å². The zero-order valence-electron chi connectivity index (χ0n) is 11.4. The Morgan fingerprint density at radius 1 is 1.42 bits per heavy atom. The molecule has 19 heavy (non-hydrogen) atoms. The van der Waals surface area contributed by atoms with Crippen LogP contribution in [0.5, 0.6) is 5.75 Å². The first-order chi connectivity index (χ1) is 9.15. The number of ether oxygens (including phenoxy) is 1. The van der Waals surface area contributed by atoms with Crippen LogP contribution in [0.25, 0.3) is 10.6 Å². The number of benzene rings is 1. The van der Waals surface area contributed by atoms with E-state index in [9.17, 15) is 4.79 Å². The van der Waals surface area contributed by atoms with Crippen molar-refractivity contribution in [3.05, 3.63) is 34.8 Å². The van der Waals surface area contributed by atoms with E-state index in [0.717, 1.165) is 39.7 Å². The number of ketones is 1. The number of rotatable bonds is 5. The third-order valence-corrected chi connectivity index (χ3v) is 4.07. The Morgan fingerprint density at radius 3 is 2.84 bits per heavy atom. The first-order valence-electron chi connectivity index (χ1n) is 6.30. The highest BCUT2D eigenvalue weighted by molar-refractivity contribution is 7.17. The molecule has 1 aromatic heterocycles. The number of hydrogen-bond acceptors (Lipinski definition) is 4. The van der Waals surface area contributed by atoms with E-state index in [0.29, 0.717) is 0 Å². The summed E-state index contributed by atoms with van der Waals surface area (Å²) in [7, 11) is 1.64. The monoisotopic (exact) mass is 275 g/mol. The Bertz CT molecular complexity index is 590. The summed E-state index contributed by atoms with van der Waals surface area (Å²) in [6.45, 7) is 3.69. The Hall–Kier alpha value is -1.68. The van der Waals surface area contributed by atoms with Gasteiger partial charge in [-0.25, -0.2) is 4.98 Å². The van der Waals surface area contributed by atoms with Gasteiger partial charge in [0, 0.05) is 12.5 Å². The van der Waals surface area contributed by atoms with Crippen LogP contribution in [-0.4, -0.2) is 17.9 Å². The lowest BCUT2D eigenvalue weighted by Crippen LogP contribution is -1.95. The van der Waals surface area contributed by atoms with E-state index in [1.165, 1.54) is 11.3 Å². The van der Waals surface area contributed by atoms with E-state index in [2.05, 4.69) is 11.9 Å². The molecule has 1 heterocycles. The maximum atomic E-state index is 11.7. The molecule has 0 fully saturated rings. The summed E-state index contributed by atoms with van der Waals surface area (Å²) in [4.78, 5) is 17.0.